The topological polar surface area (TPSA) is 96.1 Å². The molecule has 2 fully saturated rings. The van der Waals surface area contributed by atoms with Crippen molar-refractivity contribution in [2.24, 2.45) is 0 Å². The summed E-state index contributed by atoms with van der Waals surface area (Å²) in [6, 6.07) is 9.41. The maximum absolute atomic E-state index is 12.4. The molecule has 1 saturated carbocycles. The van der Waals surface area contributed by atoms with Gasteiger partial charge in [-0.15, -0.1) is 0 Å². The van der Waals surface area contributed by atoms with Crippen molar-refractivity contribution >= 4 is 40.2 Å². The number of nitrogens with one attached hydrogen (secondary N) is 1. The summed E-state index contributed by atoms with van der Waals surface area (Å²) in [6.45, 7) is 3.31. The average Bonchev–Trinajstić information content (AvgIpc) is 3.36. The van der Waals surface area contributed by atoms with E-state index in [0.29, 0.717) is 35.2 Å². The number of likely N-dealkylation sites (tertiary alicyclic amines) is 1. The second kappa shape index (κ2) is 7.99. The van der Waals surface area contributed by atoms with E-state index in [1.165, 1.54) is 6.33 Å². The number of carbonyl (C=O) groups excluding carboxylic acids is 1. The second-order valence-electron chi connectivity index (χ2n) is 8.65. The molecular weight excluding hydrogens is 428 g/mol. The number of aromatic nitrogens is 3. The number of hydrogen-bond acceptors (Lipinski definition) is 6. The maximum Gasteiger partial charge on any atom is 0.410 e. The smallest absolute Gasteiger partial charge is 0.410 e. The van der Waals surface area contributed by atoms with Crippen LogP contribution in [0, 0.1) is 11.3 Å². The van der Waals surface area contributed by atoms with Gasteiger partial charge >= 0.3 is 6.09 Å². The number of hydrogen-bond donors (Lipinski definition) is 1. The van der Waals surface area contributed by atoms with Crippen LogP contribution < -0.4 is 5.32 Å². The molecule has 164 valence electrons. The molecular formula is C23H23ClN6O2. The Morgan fingerprint density at radius 3 is 2.75 bits per heavy atom. The molecule has 2 aliphatic rings. The summed E-state index contributed by atoms with van der Waals surface area (Å²) in [4.78, 5) is 23.1. The number of anilines is 2. The Morgan fingerprint density at radius 2 is 2.06 bits per heavy atom. The molecule has 1 aromatic carbocycles. The van der Waals surface area contributed by atoms with Crippen molar-refractivity contribution in [1.82, 2.24) is 19.4 Å². The first-order valence-electron chi connectivity index (χ1n) is 10.7. The lowest BCUT2D eigenvalue weighted by molar-refractivity contribution is 0.0498. The third-order valence-electron chi connectivity index (χ3n) is 6.26. The van der Waals surface area contributed by atoms with Crippen LogP contribution in [0.15, 0.2) is 36.8 Å². The molecule has 0 atom stereocenters. The van der Waals surface area contributed by atoms with Crippen molar-refractivity contribution in [2.75, 3.05) is 18.4 Å². The third kappa shape index (κ3) is 3.96. The number of rotatable bonds is 4. The van der Waals surface area contributed by atoms with Gasteiger partial charge in [0.2, 0.25) is 0 Å². The molecule has 2 aromatic heterocycles. The van der Waals surface area contributed by atoms with Gasteiger partial charge in [0, 0.05) is 25.3 Å². The summed E-state index contributed by atoms with van der Waals surface area (Å²) >= 11 is 6.31. The van der Waals surface area contributed by atoms with Crippen LogP contribution in [0.25, 0.3) is 11.0 Å². The molecule has 8 nitrogen and oxygen atoms in total. The second-order valence-corrected chi connectivity index (χ2v) is 9.06. The molecule has 1 saturated heterocycles. The van der Waals surface area contributed by atoms with Gasteiger partial charge in [-0.25, -0.2) is 14.8 Å². The average molecular weight is 451 g/mol. The van der Waals surface area contributed by atoms with Gasteiger partial charge in [0.05, 0.1) is 27.7 Å². The molecule has 1 amide bonds. The van der Waals surface area contributed by atoms with Gasteiger partial charge < -0.3 is 19.5 Å². The normalized spacial score (nSPS) is 17.7. The highest BCUT2D eigenvalue weighted by atomic mass is 35.5. The van der Waals surface area contributed by atoms with Crippen molar-refractivity contribution in [2.45, 2.75) is 44.2 Å². The molecule has 0 spiro atoms. The van der Waals surface area contributed by atoms with Crippen LogP contribution in [0.4, 0.5) is 16.3 Å². The Balaban J connectivity index is 1.31. The first-order valence-corrected chi connectivity index (χ1v) is 11.1. The zero-order valence-corrected chi connectivity index (χ0v) is 18.5. The number of piperidine rings is 1. The summed E-state index contributed by atoms with van der Waals surface area (Å²) in [6.07, 6.45) is 6.93. The highest BCUT2D eigenvalue weighted by molar-refractivity contribution is 6.33. The van der Waals surface area contributed by atoms with Gasteiger partial charge in [-0.3, -0.25) is 0 Å². The van der Waals surface area contributed by atoms with Crippen molar-refractivity contribution in [3.05, 3.63) is 47.4 Å². The Labute approximate surface area is 190 Å². The Morgan fingerprint density at radius 1 is 1.28 bits per heavy atom. The number of amides is 1. The van der Waals surface area contributed by atoms with Crippen LogP contribution in [-0.2, 0) is 4.74 Å². The molecule has 0 radical (unpaired) electrons. The van der Waals surface area contributed by atoms with E-state index in [-0.39, 0.29) is 17.7 Å². The van der Waals surface area contributed by atoms with E-state index in [1.54, 1.807) is 23.1 Å². The molecule has 3 heterocycles. The zero-order valence-electron chi connectivity index (χ0n) is 17.7. The number of carbonyl (C=O) groups is 1. The zero-order chi connectivity index (χ0) is 22.3. The van der Waals surface area contributed by atoms with Gasteiger partial charge in [-0.05, 0) is 56.9 Å². The highest BCUT2D eigenvalue weighted by Gasteiger charge is 2.43. The van der Waals surface area contributed by atoms with Crippen molar-refractivity contribution in [3.8, 4) is 6.07 Å². The van der Waals surface area contributed by atoms with Crippen molar-refractivity contribution in [3.63, 3.8) is 0 Å². The standard InChI is InChI=1S/C23H23ClN6O2/c1-23(7-8-23)32-22(31)29-9-4-16(5-10-29)30-11-6-17-20(26-14-27-21(17)30)28-19-3-2-15(13-25)12-18(19)24/h2-3,6,11-12,14,16H,4-5,7-10H2,1H3,(H,26,27,28). The van der Waals surface area contributed by atoms with E-state index in [1.807, 2.05) is 19.2 Å². The SMILES string of the molecule is CC1(OC(=O)N2CCC(n3ccc4c(Nc5ccc(C#N)cc5Cl)ncnc43)CC2)CC1. The summed E-state index contributed by atoms with van der Waals surface area (Å²) in [5.74, 6) is 0.652. The molecule has 1 N–H and O–H groups in total. The summed E-state index contributed by atoms with van der Waals surface area (Å²) < 4.78 is 7.76. The predicted octanol–water partition coefficient (Wildman–Crippen LogP) is 5.03. The largest absolute Gasteiger partial charge is 0.443 e. The molecule has 1 aliphatic carbocycles. The quantitative estimate of drug-likeness (QED) is 0.599. The molecule has 3 aromatic rings. The summed E-state index contributed by atoms with van der Waals surface area (Å²) in [5, 5.41) is 13.6. The monoisotopic (exact) mass is 450 g/mol. The fraction of sp³-hybridized carbons (Fsp3) is 0.391. The van der Waals surface area contributed by atoms with Gasteiger partial charge in [0.25, 0.3) is 0 Å². The minimum Gasteiger partial charge on any atom is -0.443 e. The van der Waals surface area contributed by atoms with Gasteiger partial charge in [-0.1, -0.05) is 11.6 Å². The van der Waals surface area contributed by atoms with E-state index >= 15 is 0 Å². The Bertz CT molecular complexity index is 1220. The summed E-state index contributed by atoms with van der Waals surface area (Å²) in [7, 11) is 0. The number of benzene rings is 1. The lowest BCUT2D eigenvalue weighted by atomic mass is 10.1. The number of halogens is 1. The Kier molecular flexibility index (Phi) is 5.14. The van der Waals surface area contributed by atoms with Crippen molar-refractivity contribution in [1.29, 1.82) is 5.26 Å². The third-order valence-corrected chi connectivity index (χ3v) is 6.58. The fourth-order valence-corrected chi connectivity index (χ4v) is 4.29. The summed E-state index contributed by atoms with van der Waals surface area (Å²) in [5.41, 5.74) is 1.76. The molecule has 0 unspecified atom stereocenters. The molecule has 32 heavy (non-hydrogen) atoms. The van der Waals surface area contributed by atoms with Gasteiger partial charge in [0.1, 0.15) is 23.4 Å². The number of ether oxygens (including phenoxy) is 1. The van der Waals surface area contributed by atoms with E-state index in [4.69, 9.17) is 21.6 Å². The maximum atomic E-state index is 12.4. The first-order chi connectivity index (χ1) is 15.5. The first kappa shape index (κ1) is 20.6. The molecule has 9 heteroatoms. The highest BCUT2D eigenvalue weighted by Crippen LogP contribution is 2.39. The van der Waals surface area contributed by atoms with E-state index < -0.39 is 0 Å². The van der Waals surface area contributed by atoms with Crippen LogP contribution in [0.1, 0.15) is 44.2 Å². The fourth-order valence-electron chi connectivity index (χ4n) is 4.06. The molecule has 1 aliphatic heterocycles. The van der Waals surface area contributed by atoms with Gasteiger partial charge in [0.15, 0.2) is 0 Å². The van der Waals surface area contributed by atoms with Crippen LogP contribution >= 0.6 is 11.6 Å². The van der Waals surface area contributed by atoms with Crippen LogP contribution in [0.3, 0.4) is 0 Å². The van der Waals surface area contributed by atoms with Crippen LogP contribution in [0.2, 0.25) is 5.02 Å². The minimum absolute atomic E-state index is 0.200. The van der Waals surface area contributed by atoms with Gasteiger partial charge in [-0.2, -0.15) is 5.26 Å². The van der Waals surface area contributed by atoms with E-state index in [9.17, 15) is 4.79 Å². The number of nitrogens with zero attached hydrogens (tertiary/aromatic N) is 5. The molecule has 0 bridgehead atoms. The van der Waals surface area contributed by atoms with E-state index in [0.717, 1.165) is 36.7 Å². The van der Waals surface area contributed by atoms with E-state index in [2.05, 4.69) is 25.9 Å². The lowest BCUT2D eigenvalue weighted by Crippen LogP contribution is -2.40. The Hall–Kier alpha value is -3.31. The van der Waals surface area contributed by atoms with Crippen molar-refractivity contribution < 1.29 is 9.53 Å². The lowest BCUT2D eigenvalue weighted by Gasteiger charge is -2.33. The van der Waals surface area contributed by atoms with Crippen LogP contribution in [0.5, 0.6) is 0 Å². The van der Waals surface area contributed by atoms with Crippen LogP contribution in [-0.4, -0.2) is 44.2 Å². The molecule has 5 rings (SSSR count). The predicted molar refractivity (Wildman–Crippen MR) is 121 cm³/mol. The minimum atomic E-state index is -0.247. The number of fused-ring (bicyclic) bond motifs is 1. The number of nitriles is 1.